The van der Waals surface area contributed by atoms with Crippen LogP contribution < -0.4 is 9.47 Å². The zero-order valence-corrected chi connectivity index (χ0v) is 11.6. The number of carbonyl (C=O) groups is 2. The molecule has 2 aliphatic heterocycles. The van der Waals surface area contributed by atoms with E-state index in [1.165, 1.54) is 0 Å². The number of rotatable bonds is 2. The Hall–Kier alpha value is -2.50. The van der Waals surface area contributed by atoms with Crippen molar-refractivity contribution < 1.29 is 28.9 Å². The van der Waals surface area contributed by atoms with E-state index in [-0.39, 0.29) is 31.0 Å². The lowest BCUT2D eigenvalue weighted by Gasteiger charge is -2.32. The molecule has 6 heteroatoms. The van der Waals surface area contributed by atoms with Crippen LogP contribution in [0.4, 0.5) is 0 Å². The van der Waals surface area contributed by atoms with E-state index in [1.54, 1.807) is 12.1 Å². The summed E-state index contributed by atoms with van der Waals surface area (Å²) in [6, 6.07) is 5.44. The van der Waals surface area contributed by atoms with Crippen LogP contribution >= 0.6 is 0 Å². The number of ether oxygens (including phenoxy) is 3. The Morgan fingerprint density at radius 1 is 1.18 bits per heavy atom. The number of hydrogen-bond donors (Lipinski definition) is 1. The van der Waals surface area contributed by atoms with E-state index < -0.39 is 18.0 Å². The molecule has 2 heterocycles. The molecule has 1 N–H and O–H groups in total. The van der Waals surface area contributed by atoms with Gasteiger partial charge >= 0.3 is 11.9 Å². The molecule has 0 amide bonds. The second-order valence-corrected chi connectivity index (χ2v) is 5.71. The number of aliphatic carboxylic acids is 1. The normalized spacial score (nSPS) is 31.7. The van der Waals surface area contributed by atoms with Crippen LogP contribution in [0.15, 0.2) is 30.4 Å². The fraction of sp³-hybridized carbons (Fsp3) is 0.375. The molecule has 1 aliphatic carbocycles. The molecule has 1 aromatic rings. The summed E-state index contributed by atoms with van der Waals surface area (Å²) in [7, 11) is 0. The number of hydrogen-bond acceptors (Lipinski definition) is 5. The first-order valence-corrected chi connectivity index (χ1v) is 7.13. The molecule has 0 radical (unpaired) electrons. The number of esters is 1. The van der Waals surface area contributed by atoms with Crippen molar-refractivity contribution in [3.63, 3.8) is 0 Å². The lowest BCUT2D eigenvalue weighted by Crippen LogP contribution is -2.36. The monoisotopic (exact) mass is 302 g/mol. The fourth-order valence-electron chi connectivity index (χ4n) is 3.50. The van der Waals surface area contributed by atoms with Crippen molar-refractivity contribution in [3.05, 3.63) is 35.9 Å². The van der Waals surface area contributed by atoms with Crippen molar-refractivity contribution in [3.8, 4) is 11.5 Å². The molecule has 0 saturated carbocycles. The van der Waals surface area contributed by atoms with Gasteiger partial charge in [0.1, 0.15) is 6.10 Å². The fourth-order valence-corrected chi connectivity index (χ4v) is 3.50. The van der Waals surface area contributed by atoms with Crippen molar-refractivity contribution in [1.29, 1.82) is 0 Å². The molecule has 0 unspecified atom stereocenters. The van der Waals surface area contributed by atoms with Gasteiger partial charge in [0.05, 0.1) is 12.3 Å². The quantitative estimate of drug-likeness (QED) is 0.661. The third kappa shape index (κ3) is 1.94. The topological polar surface area (TPSA) is 82.1 Å². The molecule has 3 aliphatic rings. The lowest BCUT2D eigenvalue weighted by molar-refractivity contribution is -0.146. The molecule has 4 atom stereocenters. The van der Waals surface area contributed by atoms with Crippen molar-refractivity contribution in [2.45, 2.75) is 18.4 Å². The maximum atomic E-state index is 11.8. The number of allylic oxidation sites excluding steroid dienone is 1. The van der Waals surface area contributed by atoms with Gasteiger partial charge in [-0.05, 0) is 23.8 Å². The van der Waals surface area contributed by atoms with Crippen molar-refractivity contribution in [2.24, 2.45) is 11.8 Å². The van der Waals surface area contributed by atoms with Gasteiger partial charge in [0.15, 0.2) is 11.5 Å². The number of carboxylic acids is 1. The maximum Gasteiger partial charge on any atom is 0.307 e. The van der Waals surface area contributed by atoms with Gasteiger partial charge in [0.2, 0.25) is 6.79 Å². The van der Waals surface area contributed by atoms with Gasteiger partial charge in [0.25, 0.3) is 0 Å². The Morgan fingerprint density at radius 2 is 2.00 bits per heavy atom. The zero-order valence-electron chi connectivity index (χ0n) is 11.6. The summed E-state index contributed by atoms with van der Waals surface area (Å²) >= 11 is 0. The molecule has 1 saturated heterocycles. The van der Waals surface area contributed by atoms with E-state index in [0.717, 1.165) is 5.56 Å². The third-order valence-electron chi connectivity index (χ3n) is 4.51. The number of carboxylic acid groups (broad SMARTS) is 1. The van der Waals surface area contributed by atoms with Gasteiger partial charge in [-0.2, -0.15) is 0 Å². The van der Waals surface area contributed by atoms with Gasteiger partial charge in [-0.1, -0.05) is 12.1 Å². The van der Waals surface area contributed by atoms with E-state index in [9.17, 15) is 14.7 Å². The average molecular weight is 302 g/mol. The Morgan fingerprint density at radius 3 is 2.82 bits per heavy atom. The van der Waals surface area contributed by atoms with E-state index in [2.05, 4.69) is 0 Å². The molecule has 0 spiro atoms. The molecule has 4 rings (SSSR count). The highest BCUT2D eigenvalue weighted by Gasteiger charge is 2.47. The number of fused-ring (bicyclic) bond motifs is 2. The van der Waals surface area contributed by atoms with Crippen LogP contribution in [0.3, 0.4) is 0 Å². The van der Waals surface area contributed by atoms with Gasteiger partial charge in [-0.3, -0.25) is 9.59 Å². The summed E-state index contributed by atoms with van der Waals surface area (Å²) in [4.78, 5) is 23.3. The average Bonchev–Trinajstić information content (AvgIpc) is 3.09. The highest BCUT2D eigenvalue weighted by Crippen LogP contribution is 2.45. The van der Waals surface area contributed by atoms with Crippen LogP contribution in [0, 0.1) is 11.8 Å². The van der Waals surface area contributed by atoms with Gasteiger partial charge in [-0.25, -0.2) is 0 Å². The summed E-state index contributed by atoms with van der Waals surface area (Å²) in [5, 5.41) is 9.64. The minimum atomic E-state index is -0.916. The summed E-state index contributed by atoms with van der Waals surface area (Å²) in [6.07, 6.45) is 3.33. The van der Waals surface area contributed by atoms with Gasteiger partial charge < -0.3 is 19.3 Å². The van der Waals surface area contributed by atoms with Crippen molar-refractivity contribution >= 4 is 11.9 Å². The van der Waals surface area contributed by atoms with Crippen LogP contribution in [0.25, 0.3) is 0 Å². The second kappa shape index (κ2) is 4.76. The highest BCUT2D eigenvalue weighted by molar-refractivity contribution is 5.78. The summed E-state index contributed by atoms with van der Waals surface area (Å²) < 4.78 is 15.8. The molecule has 0 bridgehead atoms. The standard InChI is InChI=1S/C16H14O6/c17-14-6-10-11(22-14)4-2-9(15(10)16(18)19)8-1-3-12-13(5-8)21-7-20-12/h1-5,9-11,15H,6-7H2,(H,18,19)/t9-,10+,11+,15-/m0/s1. The molecule has 114 valence electrons. The Kier molecular flexibility index (Phi) is 2.85. The van der Waals surface area contributed by atoms with E-state index in [1.807, 2.05) is 18.2 Å². The van der Waals surface area contributed by atoms with Crippen molar-refractivity contribution in [1.82, 2.24) is 0 Å². The molecular formula is C16H14O6. The predicted molar refractivity (Wildman–Crippen MR) is 73.6 cm³/mol. The molecule has 22 heavy (non-hydrogen) atoms. The summed E-state index contributed by atoms with van der Waals surface area (Å²) in [6.45, 7) is 0.175. The Labute approximate surface area is 126 Å². The number of carbonyl (C=O) groups excluding carboxylic acids is 1. The third-order valence-corrected chi connectivity index (χ3v) is 4.51. The summed E-state index contributed by atoms with van der Waals surface area (Å²) in [5.74, 6) is -1.31. The van der Waals surface area contributed by atoms with Crippen LogP contribution in [-0.4, -0.2) is 29.9 Å². The first-order valence-electron chi connectivity index (χ1n) is 7.13. The lowest BCUT2D eigenvalue weighted by atomic mass is 9.71. The van der Waals surface area contributed by atoms with Gasteiger partial charge in [-0.15, -0.1) is 0 Å². The Bertz CT molecular complexity index is 679. The molecule has 1 aromatic carbocycles. The first-order chi connectivity index (χ1) is 10.6. The molecular weight excluding hydrogens is 288 g/mol. The van der Waals surface area contributed by atoms with E-state index >= 15 is 0 Å². The summed E-state index contributed by atoms with van der Waals surface area (Å²) in [5.41, 5.74) is 0.839. The minimum absolute atomic E-state index is 0.146. The van der Waals surface area contributed by atoms with Crippen LogP contribution in [0.1, 0.15) is 17.9 Å². The predicted octanol–water partition coefficient (Wildman–Crippen LogP) is 1.70. The van der Waals surface area contributed by atoms with Crippen LogP contribution in [0.5, 0.6) is 11.5 Å². The van der Waals surface area contributed by atoms with Crippen LogP contribution in [-0.2, 0) is 14.3 Å². The maximum absolute atomic E-state index is 11.8. The van der Waals surface area contributed by atoms with Crippen molar-refractivity contribution in [2.75, 3.05) is 6.79 Å². The second-order valence-electron chi connectivity index (χ2n) is 5.71. The molecule has 1 fully saturated rings. The number of benzene rings is 1. The molecule has 0 aromatic heterocycles. The van der Waals surface area contributed by atoms with E-state index in [4.69, 9.17) is 14.2 Å². The zero-order chi connectivity index (χ0) is 15.3. The van der Waals surface area contributed by atoms with Crippen LogP contribution in [0.2, 0.25) is 0 Å². The minimum Gasteiger partial charge on any atom is -0.481 e. The SMILES string of the molecule is O=C1C[C@H]2[C@@H](C(=O)O)[C@H](c3ccc4c(c3)OCO4)C=C[C@H]2O1. The van der Waals surface area contributed by atoms with E-state index in [0.29, 0.717) is 11.5 Å². The Balaban J connectivity index is 1.72. The highest BCUT2D eigenvalue weighted by atomic mass is 16.7. The van der Waals surface area contributed by atoms with Gasteiger partial charge in [0, 0.05) is 11.8 Å². The smallest absolute Gasteiger partial charge is 0.307 e. The first kappa shape index (κ1) is 13.2. The molecule has 6 nitrogen and oxygen atoms in total. The largest absolute Gasteiger partial charge is 0.481 e.